The molecular weight excluding hydrogens is 180 g/mol. The molecule has 1 N–H and O–H groups in total. The lowest BCUT2D eigenvalue weighted by Gasteiger charge is -2.14. The number of ether oxygens (including phenoxy) is 1. The fourth-order valence-corrected chi connectivity index (χ4v) is 1.01. The predicted octanol–water partition coefficient (Wildman–Crippen LogP) is 1.32. The van der Waals surface area contributed by atoms with Crippen molar-refractivity contribution in [1.29, 1.82) is 0 Å². The molecule has 0 aromatic carbocycles. The summed E-state index contributed by atoms with van der Waals surface area (Å²) in [5.74, 6) is -0.542. The number of rotatable bonds is 5. The molecule has 0 saturated heterocycles. The monoisotopic (exact) mass is 194 g/mol. The summed E-state index contributed by atoms with van der Waals surface area (Å²) in [7, 11) is 0. The highest BCUT2D eigenvalue weighted by Crippen LogP contribution is 2.10. The van der Waals surface area contributed by atoms with Crippen molar-refractivity contribution < 1.29 is 14.6 Å². The third kappa shape index (κ3) is 3.93. The molecule has 0 aliphatic heterocycles. The molecule has 0 aliphatic carbocycles. The van der Waals surface area contributed by atoms with Gasteiger partial charge in [-0.05, 0) is 13.3 Å². The first-order valence-electron chi connectivity index (χ1n) is 4.12. The Morgan fingerprint density at radius 1 is 1.58 bits per heavy atom. The highest BCUT2D eigenvalue weighted by Gasteiger charge is 2.24. The first-order valence-corrected chi connectivity index (χ1v) is 4.55. The van der Waals surface area contributed by atoms with E-state index in [1.807, 2.05) is 6.92 Å². The largest absolute Gasteiger partial charge is 0.465 e. The van der Waals surface area contributed by atoms with E-state index in [4.69, 9.17) is 11.6 Å². The van der Waals surface area contributed by atoms with E-state index in [1.54, 1.807) is 6.92 Å². The van der Waals surface area contributed by atoms with E-state index in [1.165, 1.54) is 0 Å². The van der Waals surface area contributed by atoms with Gasteiger partial charge in [-0.15, -0.1) is 11.6 Å². The summed E-state index contributed by atoms with van der Waals surface area (Å²) in [6.45, 7) is 3.91. The van der Waals surface area contributed by atoms with Gasteiger partial charge in [-0.1, -0.05) is 13.3 Å². The van der Waals surface area contributed by atoms with Crippen LogP contribution in [0.25, 0.3) is 0 Å². The van der Waals surface area contributed by atoms with Crippen molar-refractivity contribution in [2.24, 2.45) is 0 Å². The number of esters is 1. The van der Waals surface area contributed by atoms with Crippen LogP contribution in [-0.4, -0.2) is 29.2 Å². The lowest BCUT2D eigenvalue weighted by atomic mass is 10.1. The minimum Gasteiger partial charge on any atom is -0.465 e. The van der Waals surface area contributed by atoms with Crippen molar-refractivity contribution in [1.82, 2.24) is 0 Å². The van der Waals surface area contributed by atoms with Gasteiger partial charge in [-0.25, -0.2) is 0 Å². The fraction of sp³-hybridized carbons (Fsp3) is 0.875. The van der Waals surface area contributed by atoms with Gasteiger partial charge in [0, 0.05) is 0 Å². The van der Waals surface area contributed by atoms with Crippen LogP contribution in [0.4, 0.5) is 0 Å². The SMILES string of the molecule is CCC[C@H](O)[C@@H](Cl)C(=O)OCC. The zero-order valence-corrected chi connectivity index (χ0v) is 8.17. The molecule has 12 heavy (non-hydrogen) atoms. The van der Waals surface area contributed by atoms with Crippen LogP contribution in [0.15, 0.2) is 0 Å². The first kappa shape index (κ1) is 11.7. The molecule has 0 unspecified atom stereocenters. The van der Waals surface area contributed by atoms with Crippen molar-refractivity contribution in [2.75, 3.05) is 6.61 Å². The van der Waals surface area contributed by atoms with Gasteiger partial charge in [0.25, 0.3) is 0 Å². The van der Waals surface area contributed by atoms with Crippen molar-refractivity contribution in [3.8, 4) is 0 Å². The molecule has 4 heteroatoms. The second kappa shape index (κ2) is 6.26. The van der Waals surface area contributed by atoms with Gasteiger partial charge in [0.15, 0.2) is 5.38 Å². The quantitative estimate of drug-likeness (QED) is 0.531. The van der Waals surface area contributed by atoms with Crippen LogP contribution >= 0.6 is 11.6 Å². The van der Waals surface area contributed by atoms with Gasteiger partial charge in [-0.3, -0.25) is 4.79 Å². The molecule has 0 aliphatic rings. The van der Waals surface area contributed by atoms with E-state index in [0.717, 1.165) is 6.42 Å². The van der Waals surface area contributed by atoms with Crippen LogP contribution in [0.2, 0.25) is 0 Å². The Bertz CT molecular complexity index is 138. The van der Waals surface area contributed by atoms with Crippen molar-refractivity contribution in [3.63, 3.8) is 0 Å². The highest BCUT2D eigenvalue weighted by atomic mass is 35.5. The molecule has 0 fully saturated rings. The lowest BCUT2D eigenvalue weighted by molar-refractivity contribution is -0.144. The molecule has 0 spiro atoms. The van der Waals surface area contributed by atoms with Gasteiger partial charge in [0.2, 0.25) is 0 Å². The summed E-state index contributed by atoms with van der Waals surface area (Å²) < 4.78 is 4.64. The Kier molecular flexibility index (Phi) is 6.11. The molecule has 0 rings (SSSR count). The minimum absolute atomic E-state index is 0.293. The number of alkyl halides is 1. The van der Waals surface area contributed by atoms with E-state index in [2.05, 4.69) is 4.74 Å². The van der Waals surface area contributed by atoms with Gasteiger partial charge >= 0.3 is 5.97 Å². The smallest absolute Gasteiger partial charge is 0.326 e. The minimum atomic E-state index is -0.926. The molecule has 2 atom stereocenters. The highest BCUT2D eigenvalue weighted by molar-refractivity contribution is 6.30. The molecular formula is C8H15ClO3. The number of aliphatic hydroxyl groups is 1. The Labute approximate surface area is 77.7 Å². The zero-order chi connectivity index (χ0) is 9.56. The Hall–Kier alpha value is -0.280. The second-order valence-electron chi connectivity index (χ2n) is 2.51. The fourth-order valence-electron chi connectivity index (χ4n) is 0.821. The number of hydrogen-bond donors (Lipinski definition) is 1. The van der Waals surface area contributed by atoms with Gasteiger partial charge in [0.05, 0.1) is 12.7 Å². The van der Waals surface area contributed by atoms with E-state index >= 15 is 0 Å². The number of carbonyl (C=O) groups excluding carboxylic acids is 1. The molecule has 0 radical (unpaired) electrons. The van der Waals surface area contributed by atoms with E-state index in [9.17, 15) is 9.90 Å². The number of aliphatic hydroxyl groups excluding tert-OH is 1. The molecule has 0 bridgehead atoms. The van der Waals surface area contributed by atoms with Crippen LogP contribution in [-0.2, 0) is 9.53 Å². The summed E-state index contributed by atoms with van der Waals surface area (Å²) in [5.41, 5.74) is 0. The summed E-state index contributed by atoms with van der Waals surface area (Å²) in [5, 5.41) is 8.36. The maximum atomic E-state index is 10.9. The van der Waals surface area contributed by atoms with Gasteiger partial charge in [0.1, 0.15) is 0 Å². The summed E-state index contributed by atoms with van der Waals surface area (Å²) in [6, 6.07) is 0. The summed E-state index contributed by atoms with van der Waals surface area (Å²) >= 11 is 5.61. The lowest BCUT2D eigenvalue weighted by Crippen LogP contribution is -2.30. The standard InChI is InChI=1S/C8H15ClO3/c1-3-5-6(10)7(9)8(11)12-4-2/h6-7,10H,3-5H2,1-2H3/t6-,7+/m0/s1. The summed E-state index contributed by atoms with van der Waals surface area (Å²) in [6.07, 6.45) is 0.521. The molecule has 72 valence electrons. The van der Waals surface area contributed by atoms with Crippen LogP contribution in [0.3, 0.4) is 0 Å². The maximum Gasteiger partial charge on any atom is 0.326 e. The van der Waals surface area contributed by atoms with E-state index < -0.39 is 17.5 Å². The first-order chi connectivity index (χ1) is 5.63. The van der Waals surface area contributed by atoms with Gasteiger partial charge in [-0.2, -0.15) is 0 Å². The molecule has 0 aromatic rings. The van der Waals surface area contributed by atoms with E-state index in [-0.39, 0.29) is 0 Å². The molecule has 0 amide bonds. The average molecular weight is 195 g/mol. The number of halogens is 1. The Morgan fingerprint density at radius 3 is 2.58 bits per heavy atom. The van der Waals surface area contributed by atoms with Crippen LogP contribution in [0.5, 0.6) is 0 Å². The third-order valence-corrected chi connectivity index (χ3v) is 1.90. The molecule has 0 saturated carbocycles. The average Bonchev–Trinajstić information content (AvgIpc) is 2.04. The van der Waals surface area contributed by atoms with E-state index in [0.29, 0.717) is 13.0 Å². The van der Waals surface area contributed by atoms with Crippen molar-refractivity contribution in [2.45, 2.75) is 38.2 Å². The van der Waals surface area contributed by atoms with Crippen molar-refractivity contribution >= 4 is 17.6 Å². The normalized spacial score (nSPS) is 15.3. The van der Waals surface area contributed by atoms with Crippen molar-refractivity contribution in [3.05, 3.63) is 0 Å². The summed E-state index contributed by atoms with van der Waals surface area (Å²) in [4.78, 5) is 10.9. The number of carbonyl (C=O) groups is 1. The zero-order valence-electron chi connectivity index (χ0n) is 7.42. The van der Waals surface area contributed by atoms with Crippen LogP contribution in [0.1, 0.15) is 26.7 Å². The predicted molar refractivity (Wildman–Crippen MR) is 47.2 cm³/mol. The number of hydrogen-bond acceptors (Lipinski definition) is 3. The molecule has 0 aromatic heterocycles. The third-order valence-electron chi connectivity index (χ3n) is 1.43. The maximum absolute atomic E-state index is 10.9. The van der Waals surface area contributed by atoms with Gasteiger partial charge < -0.3 is 9.84 Å². The molecule has 3 nitrogen and oxygen atoms in total. The Morgan fingerprint density at radius 2 is 2.17 bits per heavy atom. The molecule has 0 heterocycles. The topological polar surface area (TPSA) is 46.5 Å². The second-order valence-corrected chi connectivity index (χ2v) is 2.98. The van der Waals surface area contributed by atoms with Crippen LogP contribution < -0.4 is 0 Å². The Balaban J connectivity index is 3.82. The van der Waals surface area contributed by atoms with Crippen LogP contribution in [0, 0.1) is 0 Å².